The van der Waals surface area contributed by atoms with Crippen LogP contribution in [0.5, 0.6) is 0 Å². The van der Waals surface area contributed by atoms with Crippen LogP contribution < -0.4 is 9.73 Å². The first kappa shape index (κ1) is 25.1. The van der Waals surface area contributed by atoms with Gasteiger partial charge in [-0.3, -0.25) is 9.10 Å². The smallest absolute Gasteiger partial charge is 0.260 e. The summed E-state index contributed by atoms with van der Waals surface area (Å²) in [6.45, 7) is 3.37. The van der Waals surface area contributed by atoms with E-state index in [2.05, 4.69) is 10.5 Å². The van der Waals surface area contributed by atoms with Crippen molar-refractivity contribution in [3.63, 3.8) is 0 Å². The van der Waals surface area contributed by atoms with Gasteiger partial charge in [-0.05, 0) is 62.4 Å². The van der Waals surface area contributed by atoms with Gasteiger partial charge in [-0.25, -0.2) is 13.8 Å². The molecule has 1 amide bonds. The Balaban J connectivity index is 1.76. The van der Waals surface area contributed by atoms with Crippen molar-refractivity contribution in [1.82, 2.24) is 9.99 Å². The highest BCUT2D eigenvalue weighted by molar-refractivity contribution is 7.92. The Morgan fingerprint density at radius 2 is 1.70 bits per heavy atom. The molecule has 11 heteroatoms. The van der Waals surface area contributed by atoms with Crippen molar-refractivity contribution >= 4 is 62.6 Å². The van der Waals surface area contributed by atoms with Gasteiger partial charge in [0.2, 0.25) is 10.0 Å². The zero-order chi connectivity index (χ0) is 24.3. The van der Waals surface area contributed by atoms with E-state index in [4.69, 9.17) is 34.8 Å². The van der Waals surface area contributed by atoms with Crippen molar-refractivity contribution < 1.29 is 13.2 Å². The van der Waals surface area contributed by atoms with Gasteiger partial charge in [-0.2, -0.15) is 5.10 Å². The van der Waals surface area contributed by atoms with E-state index in [1.165, 1.54) is 18.3 Å². The maximum absolute atomic E-state index is 12.4. The summed E-state index contributed by atoms with van der Waals surface area (Å²) in [5, 5.41) is 5.55. The van der Waals surface area contributed by atoms with E-state index in [1.807, 2.05) is 24.5 Å². The van der Waals surface area contributed by atoms with Crippen molar-refractivity contribution in [3.8, 4) is 5.69 Å². The predicted octanol–water partition coefficient (Wildman–Crippen LogP) is 4.97. The number of hydrogen-bond donors (Lipinski definition) is 1. The second-order valence-corrected chi connectivity index (χ2v) is 10.5. The fraction of sp³-hybridized carbons (Fsp3) is 0.182. The molecular formula is C22H21Cl3N4O3S. The lowest BCUT2D eigenvalue weighted by molar-refractivity contribution is -0.119. The number of benzene rings is 2. The molecular weight excluding hydrogens is 507 g/mol. The van der Waals surface area contributed by atoms with Crippen molar-refractivity contribution in [2.24, 2.45) is 5.10 Å². The molecule has 3 rings (SSSR count). The minimum absolute atomic E-state index is 0.322. The summed E-state index contributed by atoms with van der Waals surface area (Å²) in [7, 11) is -3.70. The van der Waals surface area contributed by atoms with Crippen molar-refractivity contribution in [3.05, 3.63) is 80.6 Å². The monoisotopic (exact) mass is 526 g/mol. The molecule has 7 nitrogen and oxygen atoms in total. The summed E-state index contributed by atoms with van der Waals surface area (Å²) in [5.41, 5.74) is 5.92. The quantitative estimate of drug-likeness (QED) is 0.348. The summed E-state index contributed by atoms with van der Waals surface area (Å²) in [5.74, 6) is -0.599. The Labute approximate surface area is 207 Å². The largest absolute Gasteiger partial charge is 0.316 e. The third kappa shape index (κ3) is 6.09. The highest BCUT2D eigenvalue weighted by atomic mass is 35.5. The standard InChI is InChI=1S/C22H21Cl3N4O3S/c1-14-10-16(15(2)29(14)21-11-18(24)6-9-20(21)25)12-26-27-22(30)13-28(33(3,31)32)19-7-4-17(23)5-8-19/h4-12H,13H2,1-3H3,(H,27,30)/b26-12-. The first-order valence-electron chi connectivity index (χ1n) is 9.67. The number of hydrazone groups is 1. The molecule has 33 heavy (non-hydrogen) atoms. The van der Waals surface area contributed by atoms with Gasteiger partial charge in [0.15, 0.2) is 0 Å². The average Bonchev–Trinajstić information content (AvgIpc) is 3.01. The number of carbonyl (C=O) groups excluding carboxylic acids is 1. The van der Waals surface area contributed by atoms with Crippen LogP contribution in [-0.2, 0) is 14.8 Å². The predicted molar refractivity (Wildman–Crippen MR) is 135 cm³/mol. The lowest BCUT2D eigenvalue weighted by Gasteiger charge is -2.21. The van der Waals surface area contributed by atoms with E-state index in [0.29, 0.717) is 20.8 Å². The summed E-state index contributed by atoms with van der Waals surface area (Å²) in [6.07, 6.45) is 2.51. The number of amides is 1. The minimum Gasteiger partial charge on any atom is -0.316 e. The molecule has 1 heterocycles. The third-order valence-corrected chi connectivity index (χ3v) is 6.76. The van der Waals surface area contributed by atoms with Gasteiger partial charge in [0, 0.05) is 27.0 Å². The van der Waals surface area contributed by atoms with Gasteiger partial charge in [-0.1, -0.05) is 34.8 Å². The van der Waals surface area contributed by atoms with Crippen LogP contribution in [0, 0.1) is 13.8 Å². The summed E-state index contributed by atoms with van der Waals surface area (Å²) in [6, 6.07) is 13.2. The molecule has 0 atom stereocenters. The molecule has 0 aliphatic carbocycles. The molecule has 0 aliphatic rings. The molecule has 0 saturated heterocycles. The molecule has 0 unspecified atom stereocenters. The zero-order valence-electron chi connectivity index (χ0n) is 18.0. The molecule has 1 N–H and O–H groups in total. The molecule has 0 fully saturated rings. The van der Waals surface area contributed by atoms with E-state index in [-0.39, 0.29) is 0 Å². The van der Waals surface area contributed by atoms with Crippen molar-refractivity contribution in [1.29, 1.82) is 0 Å². The molecule has 0 bridgehead atoms. The molecule has 1 aromatic heterocycles. The van der Waals surface area contributed by atoms with E-state index < -0.39 is 22.5 Å². The van der Waals surface area contributed by atoms with E-state index in [9.17, 15) is 13.2 Å². The molecule has 174 valence electrons. The van der Waals surface area contributed by atoms with Crippen molar-refractivity contribution in [2.75, 3.05) is 17.1 Å². The van der Waals surface area contributed by atoms with E-state index in [0.717, 1.165) is 33.2 Å². The Morgan fingerprint density at radius 3 is 2.33 bits per heavy atom. The van der Waals surface area contributed by atoms with Crippen LogP contribution in [-0.4, -0.2) is 37.9 Å². The van der Waals surface area contributed by atoms with E-state index in [1.54, 1.807) is 30.3 Å². The van der Waals surface area contributed by atoms with Crippen LogP contribution in [0.2, 0.25) is 15.1 Å². The molecule has 0 saturated carbocycles. The average molecular weight is 528 g/mol. The van der Waals surface area contributed by atoms with Crippen LogP contribution in [0.25, 0.3) is 5.69 Å². The van der Waals surface area contributed by atoms with Crippen LogP contribution >= 0.6 is 34.8 Å². The van der Waals surface area contributed by atoms with Gasteiger partial charge in [0.1, 0.15) is 6.54 Å². The maximum Gasteiger partial charge on any atom is 0.260 e. The molecule has 3 aromatic rings. The van der Waals surface area contributed by atoms with Gasteiger partial charge in [0.05, 0.1) is 28.9 Å². The second-order valence-electron chi connectivity index (χ2n) is 7.30. The second kappa shape index (κ2) is 10.2. The molecule has 0 aliphatic heterocycles. The number of sulfonamides is 1. The molecule has 2 aromatic carbocycles. The summed E-state index contributed by atoms with van der Waals surface area (Å²) < 4.78 is 27.2. The number of nitrogens with one attached hydrogen (secondary N) is 1. The number of carbonyl (C=O) groups is 1. The summed E-state index contributed by atoms with van der Waals surface area (Å²) >= 11 is 18.3. The lowest BCUT2D eigenvalue weighted by Crippen LogP contribution is -2.39. The molecule has 0 spiro atoms. The minimum atomic E-state index is -3.70. The van der Waals surface area contributed by atoms with Crippen LogP contribution in [0.4, 0.5) is 5.69 Å². The number of aryl methyl sites for hydroxylation is 1. The highest BCUT2D eigenvalue weighted by Crippen LogP contribution is 2.28. The van der Waals surface area contributed by atoms with Gasteiger partial charge in [-0.15, -0.1) is 0 Å². The Hall–Kier alpha value is -2.52. The number of hydrogen-bond acceptors (Lipinski definition) is 4. The van der Waals surface area contributed by atoms with Gasteiger partial charge >= 0.3 is 0 Å². The van der Waals surface area contributed by atoms with Gasteiger partial charge in [0.25, 0.3) is 5.91 Å². The maximum atomic E-state index is 12.4. The summed E-state index contributed by atoms with van der Waals surface area (Å²) in [4.78, 5) is 12.4. The molecule has 0 radical (unpaired) electrons. The van der Waals surface area contributed by atoms with Crippen LogP contribution in [0.1, 0.15) is 17.0 Å². The van der Waals surface area contributed by atoms with Crippen molar-refractivity contribution in [2.45, 2.75) is 13.8 Å². The number of nitrogens with zero attached hydrogens (tertiary/aromatic N) is 3. The highest BCUT2D eigenvalue weighted by Gasteiger charge is 2.20. The zero-order valence-corrected chi connectivity index (χ0v) is 21.1. The number of halogens is 3. The first-order chi connectivity index (χ1) is 15.5. The number of rotatable bonds is 7. The van der Waals surface area contributed by atoms with Crippen LogP contribution in [0.15, 0.2) is 53.6 Å². The first-order valence-corrected chi connectivity index (χ1v) is 12.6. The lowest BCUT2D eigenvalue weighted by atomic mass is 10.2. The SMILES string of the molecule is Cc1cc(/C=N\NC(=O)CN(c2ccc(Cl)cc2)S(C)(=O)=O)c(C)n1-c1cc(Cl)ccc1Cl. The Kier molecular flexibility index (Phi) is 7.74. The van der Waals surface area contributed by atoms with E-state index >= 15 is 0 Å². The van der Waals surface area contributed by atoms with Crippen LogP contribution in [0.3, 0.4) is 0 Å². The fourth-order valence-corrected chi connectivity index (χ4v) is 4.64. The topological polar surface area (TPSA) is 83.8 Å². The Bertz CT molecular complexity index is 1320. The number of aromatic nitrogens is 1. The Morgan fingerprint density at radius 1 is 1.06 bits per heavy atom. The normalized spacial score (nSPS) is 11.7. The fourth-order valence-electron chi connectivity index (χ4n) is 3.29. The number of anilines is 1. The third-order valence-electron chi connectivity index (χ3n) is 4.81. The van der Waals surface area contributed by atoms with Gasteiger partial charge < -0.3 is 4.57 Å².